The van der Waals surface area contributed by atoms with Gasteiger partial charge in [-0.3, -0.25) is 0 Å². The number of anilines is 2. The Kier molecular flexibility index (Phi) is 5.17. The molecule has 7 heteroatoms. The highest BCUT2D eigenvalue weighted by Gasteiger charge is 2.07. The fraction of sp³-hybridized carbons (Fsp3) is 0. The number of thiocarbonyl (C=S) groups is 1. The molecule has 0 radical (unpaired) electrons. The average Bonchev–Trinajstić information content (AvgIpc) is 2.43. The zero-order valence-corrected chi connectivity index (χ0v) is 13.8. The maximum atomic E-state index is 11.9. The standard InChI is InChI=1S/C14H11BrClN3OS/c15-11-7-8(13(17)21)1-6-12(11)19-14(20)18-10-4-2-9(16)3-5-10/h1-7H,(H2,17,21)(H2,18,19,20). The lowest BCUT2D eigenvalue weighted by Gasteiger charge is -2.10. The van der Waals surface area contributed by atoms with Crippen LogP contribution < -0.4 is 16.4 Å². The van der Waals surface area contributed by atoms with Crippen LogP contribution in [0.5, 0.6) is 0 Å². The van der Waals surface area contributed by atoms with Crippen molar-refractivity contribution < 1.29 is 4.79 Å². The lowest BCUT2D eigenvalue weighted by atomic mass is 10.2. The van der Waals surface area contributed by atoms with Gasteiger partial charge in [0.05, 0.1) is 5.69 Å². The SMILES string of the molecule is NC(=S)c1ccc(NC(=O)Nc2ccc(Cl)cc2)c(Br)c1. The van der Waals surface area contributed by atoms with Gasteiger partial charge in [-0.1, -0.05) is 23.8 Å². The van der Waals surface area contributed by atoms with Crippen LogP contribution in [-0.4, -0.2) is 11.0 Å². The van der Waals surface area contributed by atoms with E-state index >= 15 is 0 Å². The summed E-state index contributed by atoms with van der Waals surface area (Å²) in [7, 11) is 0. The second-order valence-electron chi connectivity index (χ2n) is 4.14. The Labute approximate surface area is 140 Å². The molecule has 0 saturated carbocycles. The minimum atomic E-state index is -0.360. The summed E-state index contributed by atoms with van der Waals surface area (Å²) < 4.78 is 0.694. The first-order valence-electron chi connectivity index (χ1n) is 5.88. The van der Waals surface area contributed by atoms with Crippen molar-refractivity contribution in [3.63, 3.8) is 0 Å². The van der Waals surface area contributed by atoms with E-state index in [2.05, 4.69) is 26.6 Å². The fourth-order valence-electron chi connectivity index (χ4n) is 1.59. The second-order valence-corrected chi connectivity index (χ2v) is 5.88. The first kappa shape index (κ1) is 15.8. The molecule has 0 spiro atoms. The Morgan fingerprint density at radius 2 is 1.81 bits per heavy atom. The van der Waals surface area contributed by atoms with E-state index in [0.717, 1.165) is 5.56 Å². The van der Waals surface area contributed by atoms with Gasteiger partial charge in [0.1, 0.15) is 4.99 Å². The molecule has 2 aromatic rings. The van der Waals surface area contributed by atoms with Crippen LogP contribution >= 0.6 is 39.7 Å². The summed E-state index contributed by atoms with van der Waals surface area (Å²) in [6.07, 6.45) is 0. The quantitative estimate of drug-likeness (QED) is 0.688. The number of amides is 2. The number of carbonyl (C=O) groups excluding carboxylic acids is 1. The predicted octanol–water partition coefficient (Wildman–Crippen LogP) is 4.38. The van der Waals surface area contributed by atoms with Crippen molar-refractivity contribution >= 4 is 62.1 Å². The van der Waals surface area contributed by atoms with E-state index in [1.807, 2.05) is 0 Å². The summed E-state index contributed by atoms with van der Waals surface area (Å²) >= 11 is 14.0. The van der Waals surface area contributed by atoms with E-state index in [0.29, 0.717) is 25.9 Å². The topological polar surface area (TPSA) is 67.1 Å². The summed E-state index contributed by atoms with van der Waals surface area (Å²) in [6.45, 7) is 0. The van der Waals surface area contributed by atoms with E-state index in [1.165, 1.54) is 0 Å². The van der Waals surface area contributed by atoms with Gasteiger partial charge in [0, 0.05) is 20.7 Å². The van der Waals surface area contributed by atoms with Crippen molar-refractivity contribution in [3.8, 4) is 0 Å². The number of hydrogen-bond acceptors (Lipinski definition) is 2. The lowest BCUT2D eigenvalue weighted by Crippen LogP contribution is -2.19. The zero-order valence-electron chi connectivity index (χ0n) is 10.7. The van der Waals surface area contributed by atoms with E-state index in [1.54, 1.807) is 42.5 Å². The molecule has 0 aliphatic rings. The summed E-state index contributed by atoms with van der Waals surface area (Å²) in [5, 5.41) is 6.04. The number of urea groups is 1. The monoisotopic (exact) mass is 383 g/mol. The number of nitrogens with two attached hydrogens (primary N) is 1. The molecule has 4 N–H and O–H groups in total. The van der Waals surface area contributed by atoms with Crippen molar-refractivity contribution in [1.82, 2.24) is 0 Å². The molecule has 0 saturated heterocycles. The van der Waals surface area contributed by atoms with Crippen LogP contribution in [-0.2, 0) is 0 Å². The van der Waals surface area contributed by atoms with E-state index in [-0.39, 0.29) is 6.03 Å². The molecule has 0 aliphatic heterocycles. The highest BCUT2D eigenvalue weighted by atomic mass is 79.9. The summed E-state index contributed by atoms with van der Waals surface area (Å²) in [5.41, 5.74) is 7.53. The van der Waals surface area contributed by atoms with E-state index in [9.17, 15) is 4.79 Å². The molecule has 2 amide bonds. The second kappa shape index (κ2) is 6.89. The fourth-order valence-corrected chi connectivity index (χ4v) is 2.32. The van der Waals surface area contributed by atoms with Crippen LogP contribution in [0.2, 0.25) is 5.02 Å². The molecule has 2 rings (SSSR count). The third-order valence-corrected chi connectivity index (χ3v) is 3.75. The summed E-state index contributed by atoms with van der Waals surface area (Å²) in [6, 6.07) is 11.7. The first-order chi connectivity index (χ1) is 9.95. The molecule has 2 aromatic carbocycles. The number of carbonyl (C=O) groups is 1. The maximum Gasteiger partial charge on any atom is 0.323 e. The molecule has 4 nitrogen and oxygen atoms in total. The molecule has 0 atom stereocenters. The van der Waals surface area contributed by atoms with Crippen LogP contribution in [0.1, 0.15) is 5.56 Å². The lowest BCUT2D eigenvalue weighted by molar-refractivity contribution is 0.262. The van der Waals surface area contributed by atoms with Crippen molar-refractivity contribution in [3.05, 3.63) is 57.5 Å². The Hall–Kier alpha value is -1.63. The highest BCUT2D eigenvalue weighted by molar-refractivity contribution is 9.10. The van der Waals surface area contributed by atoms with E-state index < -0.39 is 0 Å². The van der Waals surface area contributed by atoms with Gasteiger partial charge in [-0.25, -0.2) is 4.79 Å². The third kappa shape index (κ3) is 4.42. The first-order valence-corrected chi connectivity index (χ1v) is 7.46. The minimum absolute atomic E-state index is 0.299. The van der Waals surface area contributed by atoms with Gasteiger partial charge in [0.15, 0.2) is 0 Å². The van der Waals surface area contributed by atoms with Crippen molar-refractivity contribution in [2.75, 3.05) is 10.6 Å². The number of hydrogen-bond donors (Lipinski definition) is 3. The Morgan fingerprint density at radius 1 is 1.14 bits per heavy atom. The molecule has 0 bridgehead atoms. The normalized spacial score (nSPS) is 10.0. The molecular formula is C14H11BrClN3OS. The average molecular weight is 385 g/mol. The molecule has 108 valence electrons. The Balaban J connectivity index is 2.06. The van der Waals surface area contributed by atoms with Crippen LogP contribution in [0, 0.1) is 0 Å². The molecular weight excluding hydrogens is 374 g/mol. The maximum absolute atomic E-state index is 11.9. The van der Waals surface area contributed by atoms with Crippen LogP contribution in [0.25, 0.3) is 0 Å². The zero-order chi connectivity index (χ0) is 15.4. The number of halogens is 2. The smallest absolute Gasteiger partial charge is 0.323 e. The Bertz CT molecular complexity index is 691. The summed E-state index contributed by atoms with van der Waals surface area (Å²) in [4.78, 5) is 12.2. The van der Waals surface area contributed by atoms with Gasteiger partial charge in [0.2, 0.25) is 0 Å². The molecule has 0 aromatic heterocycles. The molecule has 0 aliphatic carbocycles. The van der Waals surface area contributed by atoms with Crippen molar-refractivity contribution in [1.29, 1.82) is 0 Å². The summed E-state index contributed by atoms with van der Waals surface area (Å²) in [5.74, 6) is 0. The molecule has 21 heavy (non-hydrogen) atoms. The Morgan fingerprint density at radius 3 is 2.38 bits per heavy atom. The number of rotatable bonds is 3. The molecule has 0 heterocycles. The van der Waals surface area contributed by atoms with Gasteiger partial charge in [-0.05, 0) is 58.4 Å². The highest BCUT2D eigenvalue weighted by Crippen LogP contribution is 2.24. The minimum Gasteiger partial charge on any atom is -0.389 e. The van der Waals surface area contributed by atoms with Crippen molar-refractivity contribution in [2.45, 2.75) is 0 Å². The van der Waals surface area contributed by atoms with Crippen LogP contribution in [0.4, 0.5) is 16.2 Å². The van der Waals surface area contributed by atoms with Gasteiger partial charge in [-0.15, -0.1) is 0 Å². The molecule has 0 unspecified atom stereocenters. The van der Waals surface area contributed by atoms with Gasteiger partial charge in [-0.2, -0.15) is 0 Å². The molecule has 0 fully saturated rings. The third-order valence-electron chi connectivity index (χ3n) is 2.60. The van der Waals surface area contributed by atoms with E-state index in [4.69, 9.17) is 29.6 Å². The van der Waals surface area contributed by atoms with Crippen LogP contribution in [0.3, 0.4) is 0 Å². The number of benzene rings is 2. The van der Waals surface area contributed by atoms with Gasteiger partial charge < -0.3 is 16.4 Å². The van der Waals surface area contributed by atoms with Crippen molar-refractivity contribution in [2.24, 2.45) is 5.73 Å². The largest absolute Gasteiger partial charge is 0.389 e. The van der Waals surface area contributed by atoms with Crippen LogP contribution in [0.15, 0.2) is 46.9 Å². The van der Waals surface area contributed by atoms with Gasteiger partial charge >= 0.3 is 6.03 Å². The van der Waals surface area contributed by atoms with Gasteiger partial charge in [0.25, 0.3) is 0 Å². The predicted molar refractivity (Wildman–Crippen MR) is 94.1 cm³/mol. The number of nitrogens with one attached hydrogen (secondary N) is 2.